The topological polar surface area (TPSA) is 58.4 Å². The highest BCUT2D eigenvalue weighted by Crippen LogP contribution is 2.25. The molecule has 1 saturated carbocycles. The number of aryl methyl sites for hydroxylation is 1. The zero-order valence-corrected chi connectivity index (χ0v) is 9.69. The average molecular weight is 223 g/mol. The van der Waals surface area contributed by atoms with Crippen molar-refractivity contribution in [2.75, 3.05) is 13.6 Å². The second kappa shape index (κ2) is 4.65. The van der Waals surface area contributed by atoms with Gasteiger partial charge in [0.15, 0.2) is 5.76 Å². The lowest BCUT2D eigenvalue weighted by Gasteiger charge is -2.15. The zero-order valence-electron chi connectivity index (χ0n) is 9.69. The SMILES string of the molecule is Cc1cc(CNCC(=O)N(C)C2CC2)on1. The van der Waals surface area contributed by atoms with Crippen LogP contribution in [0.1, 0.15) is 24.3 Å². The molecule has 1 aliphatic carbocycles. The molecule has 0 aliphatic heterocycles. The number of nitrogens with one attached hydrogen (secondary N) is 1. The van der Waals surface area contributed by atoms with Crippen LogP contribution >= 0.6 is 0 Å². The summed E-state index contributed by atoms with van der Waals surface area (Å²) in [6.07, 6.45) is 2.28. The van der Waals surface area contributed by atoms with Gasteiger partial charge in [-0.05, 0) is 19.8 Å². The van der Waals surface area contributed by atoms with Crippen molar-refractivity contribution in [1.29, 1.82) is 0 Å². The molecule has 1 amide bonds. The Labute approximate surface area is 94.8 Å². The monoisotopic (exact) mass is 223 g/mol. The predicted molar refractivity (Wildman–Crippen MR) is 58.7 cm³/mol. The Balaban J connectivity index is 1.69. The summed E-state index contributed by atoms with van der Waals surface area (Å²) in [4.78, 5) is 13.5. The van der Waals surface area contributed by atoms with Crippen LogP contribution < -0.4 is 5.32 Å². The van der Waals surface area contributed by atoms with Gasteiger partial charge in [-0.2, -0.15) is 0 Å². The lowest BCUT2D eigenvalue weighted by Crippen LogP contribution is -2.36. The number of hydrogen-bond donors (Lipinski definition) is 1. The molecule has 0 aromatic carbocycles. The third-order valence-corrected chi connectivity index (χ3v) is 2.74. The van der Waals surface area contributed by atoms with Crippen molar-refractivity contribution in [3.63, 3.8) is 0 Å². The van der Waals surface area contributed by atoms with Gasteiger partial charge >= 0.3 is 0 Å². The second-order valence-electron chi connectivity index (χ2n) is 4.27. The van der Waals surface area contributed by atoms with Gasteiger partial charge in [0, 0.05) is 19.2 Å². The van der Waals surface area contributed by atoms with Crippen molar-refractivity contribution in [2.24, 2.45) is 0 Å². The van der Waals surface area contributed by atoms with Crippen molar-refractivity contribution in [3.8, 4) is 0 Å². The summed E-state index contributed by atoms with van der Waals surface area (Å²) in [5.41, 5.74) is 0.859. The molecule has 2 rings (SSSR count). The van der Waals surface area contributed by atoms with E-state index in [9.17, 15) is 4.79 Å². The molecule has 1 fully saturated rings. The smallest absolute Gasteiger partial charge is 0.236 e. The Hall–Kier alpha value is -1.36. The van der Waals surface area contributed by atoms with Crippen LogP contribution in [0, 0.1) is 6.92 Å². The van der Waals surface area contributed by atoms with Crippen molar-refractivity contribution >= 4 is 5.91 Å². The quantitative estimate of drug-likeness (QED) is 0.798. The van der Waals surface area contributed by atoms with E-state index >= 15 is 0 Å². The van der Waals surface area contributed by atoms with Gasteiger partial charge in [0.05, 0.1) is 18.8 Å². The van der Waals surface area contributed by atoms with Crippen molar-refractivity contribution < 1.29 is 9.32 Å². The number of hydrogen-bond acceptors (Lipinski definition) is 4. The van der Waals surface area contributed by atoms with Crippen molar-refractivity contribution in [1.82, 2.24) is 15.4 Å². The predicted octanol–water partition coefficient (Wildman–Crippen LogP) is 0.693. The van der Waals surface area contributed by atoms with E-state index < -0.39 is 0 Å². The van der Waals surface area contributed by atoms with Gasteiger partial charge in [0.2, 0.25) is 5.91 Å². The second-order valence-corrected chi connectivity index (χ2v) is 4.27. The Bertz CT molecular complexity index is 371. The van der Waals surface area contributed by atoms with E-state index in [4.69, 9.17) is 4.52 Å². The first-order valence-electron chi connectivity index (χ1n) is 5.55. The minimum absolute atomic E-state index is 0.138. The molecule has 1 aromatic rings. The van der Waals surface area contributed by atoms with E-state index in [2.05, 4.69) is 10.5 Å². The fourth-order valence-corrected chi connectivity index (χ4v) is 1.58. The van der Waals surface area contributed by atoms with Gasteiger partial charge in [-0.25, -0.2) is 0 Å². The maximum absolute atomic E-state index is 11.6. The van der Waals surface area contributed by atoms with Gasteiger partial charge in [-0.3, -0.25) is 4.79 Å². The highest BCUT2D eigenvalue weighted by atomic mass is 16.5. The summed E-state index contributed by atoms with van der Waals surface area (Å²) in [6, 6.07) is 2.34. The maximum Gasteiger partial charge on any atom is 0.236 e. The standard InChI is InChI=1S/C11H17N3O2/c1-8-5-10(16-13-8)6-12-7-11(15)14(2)9-3-4-9/h5,9,12H,3-4,6-7H2,1-2H3. The molecular weight excluding hydrogens is 206 g/mol. The molecule has 0 atom stereocenters. The van der Waals surface area contributed by atoms with E-state index in [0.29, 0.717) is 19.1 Å². The Morgan fingerprint density at radius 1 is 1.69 bits per heavy atom. The number of amides is 1. The van der Waals surface area contributed by atoms with Crippen LogP contribution in [0.2, 0.25) is 0 Å². The molecule has 5 heteroatoms. The number of likely N-dealkylation sites (N-methyl/N-ethyl adjacent to an activating group) is 1. The lowest BCUT2D eigenvalue weighted by atomic mass is 10.4. The van der Waals surface area contributed by atoms with Crippen LogP contribution in [0.15, 0.2) is 10.6 Å². The molecule has 0 spiro atoms. The third kappa shape index (κ3) is 2.82. The molecule has 0 bridgehead atoms. The van der Waals surface area contributed by atoms with Gasteiger partial charge in [-0.15, -0.1) is 0 Å². The molecule has 0 radical (unpaired) electrons. The molecule has 5 nitrogen and oxygen atoms in total. The van der Waals surface area contributed by atoms with E-state index in [1.54, 1.807) is 0 Å². The minimum Gasteiger partial charge on any atom is -0.360 e. The van der Waals surface area contributed by atoms with Gasteiger partial charge in [0.25, 0.3) is 0 Å². The maximum atomic E-state index is 11.6. The molecule has 0 unspecified atom stereocenters. The summed E-state index contributed by atoms with van der Waals surface area (Å²) in [5, 5.41) is 6.83. The van der Waals surface area contributed by atoms with E-state index in [1.165, 1.54) is 0 Å². The van der Waals surface area contributed by atoms with Crippen molar-refractivity contribution in [3.05, 3.63) is 17.5 Å². The molecule has 0 saturated heterocycles. The molecule has 1 aliphatic rings. The number of nitrogens with zero attached hydrogens (tertiary/aromatic N) is 2. The summed E-state index contributed by atoms with van der Waals surface area (Å²) < 4.78 is 5.03. The highest BCUT2D eigenvalue weighted by Gasteiger charge is 2.28. The Morgan fingerprint density at radius 3 is 3.00 bits per heavy atom. The average Bonchev–Trinajstić information content (AvgIpc) is 3.02. The van der Waals surface area contributed by atoms with Gasteiger partial charge in [-0.1, -0.05) is 5.16 Å². The first-order chi connectivity index (χ1) is 7.66. The third-order valence-electron chi connectivity index (χ3n) is 2.74. The van der Waals surface area contributed by atoms with Gasteiger partial charge < -0.3 is 14.7 Å². The summed E-state index contributed by atoms with van der Waals surface area (Å²) in [6.45, 7) is 2.77. The number of carbonyl (C=O) groups excluding carboxylic acids is 1. The summed E-state index contributed by atoms with van der Waals surface area (Å²) in [5.74, 6) is 0.901. The largest absolute Gasteiger partial charge is 0.360 e. The molecule has 1 aromatic heterocycles. The fraction of sp³-hybridized carbons (Fsp3) is 0.636. The van der Waals surface area contributed by atoms with Gasteiger partial charge in [0.1, 0.15) is 0 Å². The molecule has 88 valence electrons. The first kappa shape index (κ1) is 11.1. The molecule has 1 N–H and O–H groups in total. The number of carbonyl (C=O) groups is 1. The van der Waals surface area contributed by atoms with Crippen LogP contribution in [-0.2, 0) is 11.3 Å². The first-order valence-corrected chi connectivity index (χ1v) is 5.55. The summed E-state index contributed by atoms with van der Waals surface area (Å²) in [7, 11) is 1.86. The van der Waals surface area contributed by atoms with Crippen LogP contribution in [0.5, 0.6) is 0 Å². The Kier molecular flexibility index (Phi) is 3.24. The molecule has 16 heavy (non-hydrogen) atoms. The van der Waals surface area contributed by atoms with Crippen LogP contribution in [0.3, 0.4) is 0 Å². The van der Waals surface area contributed by atoms with E-state index in [1.807, 2.05) is 24.9 Å². The van der Waals surface area contributed by atoms with Crippen molar-refractivity contribution in [2.45, 2.75) is 32.4 Å². The highest BCUT2D eigenvalue weighted by molar-refractivity contribution is 5.78. The Morgan fingerprint density at radius 2 is 2.44 bits per heavy atom. The molecular formula is C11H17N3O2. The normalized spacial score (nSPS) is 15.1. The van der Waals surface area contributed by atoms with Crippen LogP contribution in [-0.4, -0.2) is 35.6 Å². The van der Waals surface area contributed by atoms with E-state index in [-0.39, 0.29) is 5.91 Å². The lowest BCUT2D eigenvalue weighted by molar-refractivity contribution is -0.129. The van der Waals surface area contributed by atoms with E-state index in [0.717, 1.165) is 24.3 Å². The fourth-order valence-electron chi connectivity index (χ4n) is 1.58. The number of rotatable bonds is 5. The zero-order chi connectivity index (χ0) is 11.5. The minimum atomic E-state index is 0.138. The van der Waals surface area contributed by atoms with Crippen LogP contribution in [0.4, 0.5) is 0 Å². The number of aromatic nitrogens is 1. The summed E-state index contributed by atoms with van der Waals surface area (Å²) >= 11 is 0. The molecule has 1 heterocycles. The van der Waals surface area contributed by atoms with Crippen LogP contribution in [0.25, 0.3) is 0 Å².